The van der Waals surface area contributed by atoms with Crippen molar-refractivity contribution in [1.29, 1.82) is 5.26 Å². The molecule has 0 unspecified atom stereocenters. The lowest BCUT2D eigenvalue weighted by atomic mass is 9.79. The normalized spacial score (nSPS) is 18.3. The number of nitriles is 1. The van der Waals surface area contributed by atoms with Gasteiger partial charge in [0.1, 0.15) is 0 Å². The Hall–Kier alpha value is -2.04. The molecule has 1 saturated heterocycles. The number of carbonyl (C=O) groups excluding carboxylic acids is 1. The molecule has 1 fully saturated rings. The first kappa shape index (κ1) is 17.3. The van der Waals surface area contributed by atoms with Gasteiger partial charge >= 0.3 is 13.1 Å². The Labute approximate surface area is 137 Å². The maximum atomic E-state index is 11.6. The highest BCUT2D eigenvalue weighted by atomic mass is 16.7. The molecule has 23 heavy (non-hydrogen) atoms. The van der Waals surface area contributed by atoms with E-state index in [-0.39, 0.29) is 23.7 Å². The smallest absolute Gasteiger partial charge is 0.399 e. The van der Waals surface area contributed by atoms with E-state index in [4.69, 9.17) is 14.6 Å². The van der Waals surface area contributed by atoms with Crippen molar-refractivity contribution in [3.63, 3.8) is 0 Å². The van der Waals surface area contributed by atoms with Crippen LogP contribution in [0, 0.1) is 11.3 Å². The molecule has 0 aliphatic carbocycles. The Kier molecular flexibility index (Phi) is 4.98. The summed E-state index contributed by atoms with van der Waals surface area (Å²) in [4.78, 5) is 11.6. The molecule has 1 heterocycles. The molecule has 2 amide bonds. The molecule has 0 spiro atoms. The summed E-state index contributed by atoms with van der Waals surface area (Å²) in [5, 5.41) is 13.7. The molecule has 122 valence electrons. The second-order valence-corrected chi connectivity index (χ2v) is 6.50. The molecule has 1 aromatic rings. The molecule has 1 aliphatic rings. The molecule has 0 aromatic heterocycles. The van der Waals surface area contributed by atoms with Crippen LogP contribution in [0.25, 0.3) is 0 Å². The topological polar surface area (TPSA) is 83.4 Å². The second-order valence-electron chi connectivity index (χ2n) is 6.50. The van der Waals surface area contributed by atoms with Gasteiger partial charge in [-0.3, -0.25) is 0 Å². The Bertz CT molecular complexity index is 592. The first-order valence-electron chi connectivity index (χ1n) is 7.62. The molecule has 7 heteroatoms. The fraction of sp³-hybridized carbons (Fsp3) is 0.500. The van der Waals surface area contributed by atoms with E-state index in [1.807, 2.05) is 45.9 Å². The molecule has 0 atom stereocenters. The third-order valence-electron chi connectivity index (χ3n) is 4.22. The Balaban J connectivity index is 1.96. The van der Waals surface area contributed by atoms with E-state index in [0.717, 1.165) is 5.46 Å². The summed E-state index contributed by atoms with van der Waals surface area (Å²) in [5.41, 5.74) is 0.809. The van der Waals surface area contributed by atoms with Crippen LogP contribution in [0.5, 0.6) is 0 Å². The van der Waals surface area contributed by atoms with Crippen LogP contribution in [0.4, 0.5) is 10.5 Å². The summed E-state index contributed by atoms with van der Waals surface area (Å²) < 4.78 is 12.0. The monoisotopic (exact) mass is 315 g/mol. The zero-order valence-corrected chi connectivity index (χ0v) is 14.0. The summed E-state index contributed by atoms with van der Waals surface area (Å²) in [6, 6.07) is 8.97. The number of anilines is 1. The van der Waals surface area contributed by atoms with Crippen molar-refractivity contribution in [2.75, 3.05) is 11.9 Å². The number of hydrogen-bond acceptors (Lipinski definition) is 4. The molecule has 1 aromatic carbocycles. The maximum absolute atomic E-state index is 11.6. The quantitative estimate of drug-likeness (QED) is 0.658. The Morgan fingerprint density at radius 1 is 1.17 bits per heavy atom. The Morgan fingerprint density at radius 2 is 1.74 bits per heavy atom. The average molecular weight is 315 g/mol. The molecule has 2 N–H and O–H groups in total. The van der Waals surface area contributed by atoms with Crippen molar-refractivity contribution in [3.8, 4) is 6.07 Å². The molecular formula is C16H22BN3O3. The molecule has 2 rings (SSSR count). The van der Waals surface area contributed by atoms with Gasteiger partial charge in [-0.25, -0.2) is 4.79 Å². The number of nitrogens with one attached hydrogen (secondary N) is 2. The van der Waals surface area contributed by atoms with Crippen LogP contribution in [-0.2, 0) is 9.31 Å². The zero-order valence-electron chi connectivity index (χ0n) is 14.0. The van der Waals surface area contributed by atoms with E-state index in [2.05, 4.69) is 10.6 Å². The van der Waals surface area contributed by atoms with E-state index in [1.165, 1.54) is 0 Å². The van der Waals surface area contributed by atoms with E-state index in [0.29, 0.717) is 12.2 Å². The van der Waals surface area contributed by atoms with E-state index in [9.17, 15) is 4.79 Å². The van der Waals surface area contributed by atoms with Crippen molar-refractivity contribution in [2.45, 2.75) is 45.3 Å². The van der Waals surface area contributed by atoms with Crippen LogP contribution in [0.15, 0.2) is 24.3 Å². The summed E-state index contributed by atoms with van der Waals surface area (Å²) in [6.45, 7) is 8.36. The highest BCUT2D eigenvalue weighted by molar-refractivity contribution is 6.62. The molecule has 0 saturated carbocycles. The number of urea groups is 1. The van der Waals surface area contributed by atoms with Crippen molar-refractivity contribution in [1.82, 2.24) is 5.32 Å². The molecule has 0 radical (unpaired) electrons. The number of rotatable bonds is 4. The molecule has 6 nitrogen and oxygen atoms in total. The lowest BCUT2D eigenvalue weighted by Gasteiger charge is -2.32. The minimum atomic E-state index is -0.418. The van der Waals surface area contributed by atoms with Gasteiger partial charge in [0, 0.05) is 12.2 Å². The first-order chi connectivity index (χ1) is 10.7. The lowest BCUT2D eigenvalue weighted by Crippen LogP contribution is -2.41. The summed E-state index contributed by atoms with van der Waals surface area (Å²) in [6.07, 6.45) is 0.286. The largest absolute Gasteiger partial charge is 0.494 e. The number of hydrogen-bond donors (Lipinski definition) is 2. The number of amides is 2. The van der Waals surface area contributed by atoms with Crippen molar-refractivity contribution in [3.05, 3.63) is 24.3 Å². The zero-order chi connectivity index (χ0) is 17.1. The summed E-state index contributed by atoms with van der Waals surface area (Å²) in [5.74, 6) is 0. The van der Waals surface area contributed by atoms with Crippen LogP contribution < -0.4 is 16.1 Å². The minimum absolute atomic E-state index is 0.286. The number of carbonyl (C=O) groups is 1. The predicted molar refractivity (Wildman–Crippen MR) is 89.4 cm³/mol. The van der Waals surface area contributed by atoms with Gasteiger partial charge in [-0.2, -0.15) is 5.26 Å². The molecule has 1 aliphatic heterocycles. The average Bonchev–Trinajstić information content (AvgIpc) is 2.68. The molecular weight excluding hydrogens is 293 g/mol. The highest BCUT2D eigenvalue weighted by Crippen LogP contribution is 2.36. The van der Waals surface area contributed by atoms with Gasteiger partial charge < -0.3 is 19.9 Å². The minimum Gasteiger partial charge on any atom is -0.399 e. The summed E-state index contributed by atoms with van der Waals surface area (Å²) in [7, 11) is -0.418. The highest BCUT2D eigenvalue weighted by Gasteiger charge is 2.51. The van der Waals surface area contributed by atoms with Gasteiger partial charge in [0.2, 0.25) is 0 Å². The van der Waals surface area contributed by atoms with E-state index < -0.39 is 7.12 Å². The van der Waals surface area contributed by atoms with Crippen LogP contribution in [-0.4, -0.2) is 30.9 Å². The van der Waals surface area contributed by atoms with Gasteiger partial charge in [0.05, 0.1) is 23.7 Å². The fourth-order valence-corrected chi connectivity index (χ4v) is 2.11. The van der Waals surface area contributed by atoms with Crippen LogP contribution in [0.1, 0.15) is 34.1 Å². The predicted octanol–water partition coefficient (Wildman–Crippen LogP) is 2.02. The lowest BCUT2D eigenvalue weighted by molar-refractivity contribution is 0.00578. The van der Waals surface area contributed by atoms with Gasteiger partial charge in [-0.1, -0.05) is 12.1 Å². The van der Waals surface area contributed by atoms with Crippen LogP contribution in [0.3, 0.4) is 0 Å². The van der Waals surface area contributed by atoms with Gasteiger partial charge in [-0.05, 0) is 45.3 Å². The van der Waals surface area contributed by atoms with E-state index in [1.54, 1.807) is 12.1 Å². The summed E-state index contributed by atoms with van der Waals surface area (Å²) >= 11 is 0. The van der Waals surface area contributed by atoms with Crippen molar-refractivity contribution < 1.29 is 14.1 Å². The van der Waals surface area contributed by atoms with Crippen LogP contribution in [0.2, 0.25) is 0 Å². The van der Waals surface area contributed by atoms with Crippen molar-refractivity contribution in [2.24, 2.45) is 0 Å². The van der Waals surface area contributed by atoms with E-state index >= 15 is 0 Å². The standard InChI is InChI=1S/C16H22BN3O3/c1-15(2)16(3,4)23-17(22-15)12-6-8-13(9-7-12)20-14(21)19-11-5-10-18/h6-9H,5,11H2,1-4H3,(H2,19,20,21). The first-order valence-corrected chi connectivity index (χ1v) is 7.62. The molecule has 0 bridgehead atoms. The number of benzene rings is 1. The van der Waals surface area contributed by atoms with Gasteiger partial charge in [-0.15, -0.1) is 0 Å². The third-order valence-corrected chi connectivity index (χ3v) is 4.22. The number of nitrogens with zero attached hydrogens (tertiary/aromatic N) is 1. The second kappa shape index (κ2) is 6.61. The van der Waals surface area contributed by atoms with Gasteiger partial charge in [0.25, 0.3) is 0 Å². The van der Waals surface area contributed by atoms with Gasteiger partial charge in [0.15, 0.2) is 0 Å². The Morgan fingerprint density at radius 3 is 2.26 bits per heavy atom. The third kappa shape index (κ3) is 4.03. The maximum Gasteiger partial charge on any atom is 0.494 e. The van der Waals surface area contributed by atoms with Crippen molar-refractivity contribution >= 4 is 24.3 Å². The SMILES string of the molecule is CC1(C)OB(c2ccc(NC(=O)NCCC#N)cc2)OC1(C)C. The van der Waals surface area contributed by atoms with Crippen LogP contribution >= 0.6 is 0 Å². The fourth-order valence-electron chi connectivity index (χ4n) is 2.11.